The zero-order valence-electron chi connectivity index (χ0n) is 10.9. The van der Waals surface area contributed by atoms with Crippen molar-refractivity contribution < 1.29 is 0 Å². The molecule has 0 saturated carbocycles. The quantitative estimate of drug-likeness (QED) is 0.324. The third-order valence-corrected chi connectivity index (χ3v) is 10.8. The Morgan fingerprint density at radius 1 is 0.579 bits per heavy atom. The molecule has 0 fully saturated rings. The minimum atomic E-state index is -0.325. The summed E-state index contributed by atoms with van der Waals surface area (Å²) in [6, 6.07) is 3.67. The maximum absolute atomic E-state index is 5.82. The molecular formula is C9H21BCl6Si3. The number of rotatable bonds is 12. The lowest BCUT2D eigenvalue weighted by Crippen LogP contribution is -2.17. The monoisotopic (exact) mass is 434 g/mol. The molecule has 0 aliphatic heterocycles. The molecule has 0 heterocycles. The van der Waals surface area contributed by atoms with Crippen molar-refractivity contribution in [2.75, 3.05) is 0 Å². The lowest BCUT2D eigenvalue weighted by atomic mass is 9.44. The summed E-state index contributed by atoms with van der Waals surface area (Å²) in [5, 5.41) is 0. The van der Waals surface area contributed by atoms with Gasteiger partial charge in [-0.25, -0.2) is 0 Å². The van der Waals surface area contributed by atoms with Crippen molar-refractivity contribution in [2.24, 2.45) is 0 Å². The van der Waals surface area contributed by atoms with Gasteiger partial charge in [0.15, 0.2) is 0 Å². The van der Waals surface area contributed by atoms with Crippen LogP contribution in [0, 0.1) is 0 Å². The molecule has 10 heteroatoms. The second kappa shape index (κ2) is 14.1. The predicted molar refractivity (Wildman–Crippen MR) is 107 cm³/mol. The third-order valence-electron chi connectivity index (χ3n) is 3.10. The van der Waals surface area contributed by atoms with E-state index in [2.05, 4.69) is 0 Å². The van der Waals surface area contributed by atoms with Crippen LogP contribution < -0.4 is 0 Å². The lowest BCUT2D eigenvalue weighted by Gasteiger charge is -2.14. The Bertz CT molecular complexity index is 177. The molecule has 0 aliphatic rings. The molecule has 0 atom stereocenters. The third kappa shape index (κ3) is 16.7. The number of hydrogen-bond acceptors (Lipinski definition) is 0. The van der Waals surface area contributed by atoms with Crippen molar-refractivity contribution in [3.8, 4) is 0 Å². The Morgan fingerprint density at radius 3 is 1.05 bits per heavy atom. The Morgan fingerprint density at radius 2 is 0.842 bits per heavy atom. The van der Waals surface area contributed by atoms with Gasteiger partial charge in [-0.2, -0.15) is 0 Å². The Kier molecular flexibility index (Phi) is 15.9. The molecule has 0 amide bonds. The summed E-state index contributed by atoms with van der Waals surface area (Å²) in [5.74, 6) is 0. The van der Waals surface area contributed by atoms with Crippen molar-refractivity contribution in [1.82, 2.24) is 0 Å². The van der Waals surface area contributed by atoms with Gasteiger partial charge in [0.1, 0.15) is 6.71 Å². The topological polar surface area (TPSA) is 0 Å². The molecular weight excluding hydrogens is 416 g/mol. The molecule has 0 N–H and O–H groups in total. The van der Waals surface area contributed by atoms with Crippen LogP contribution in [0.5, 0.6) is 0 Å². The molecule has 0 aromatic rings. The standard InChI is InChI=1S/C9H21BCl6Si3/c11-7(12)17-4-1-10(2-5-18-8(13)14)3-6-19-9(15)16/h7-9H,1-6,17-19H2. The van der Waals surface area contributed by atoms with Crippen LogP contribution in [-0.2, 0) is 0 Å². The summed E-state index contributed by atoms with van der Waals surface area (Å²) in [4.78, 5) is 0. The smallest absolute Gasteiger partial charge is 0.110 e. The molecule has 0 spiro atoms. The van der Waals surface area contributed by atoms with Crippen LogP contribution in [0.1, 0.15) is 0 Å². The highest BCUT2D eigenvalue weighted by Gasteiger charge is 2.15. The van der Waals surface area contributed by atoms with Crippen LogP contribution in [0.2, 0.25) is 37.1 Å². The maximum atomic E-state index is 5.82. The van der Waals surface area contributed by atoms with E-state index in [-0.39, 0.29) is 41.9 Å². The summed E-state index contributed by atoms with van der Waals surface area (Å²) < 4.78 is -0.307. The van der Waals surface area contributed by atoms with E-state index in [9.17, 15) is 0 Å². The maximum Gasteiger partial charge on any atom is 0.138 e. The summed E-state index contributed by atoms with van der Waals surface area (Å²) in [7, 11) is -0.976. The molecule has 0 aromatic heterocycles. The molecule has 0 rings (SSSR count). The van der Waals surface area contributed by atoms with Gasteiger partial charge in [0.2, 0.25) is 0 Å². The molecule has 0 radical (unpaired) electrons. The Balaban J connectivity index is 3.85. The van der Waals surface area contributed by atoms with Gasteiger partial charge in [-0.1, -0.05) is 37.1 Å². The summed E-state index contributed by atoms with van der Waals surface area (Å²) in [5.41, 5.74) is 0. The summed E-state index contributed by atoms with van der Waals surface area (Å²) in [6.45, 7) is 0.763. The van der Waals surface area contributed by atoms with Crippen molar-refractivity contribution >= 4 is 105 Å². The van der Waals surface area contributed by atoms with Crippen molar-refractivity contribution in [3.63, 3.8) is 0 Å². The minimum Gasteiger partial charge on any atom is -0.110 e. The Hall–Kier alpha value is 2.46. The predicted octanol–water partition coefficient (Wildman–Crippen LogP) is 3.53. The minimum absolute atomic E-state index is 0.102. The van der Waals surface area contributed by atoms with E-state index in [4.69, 9.17) is 69.6 Å². The number of halogens is 6. The van der Waals surface area contributed by atoms with E-state index in [0.717, 1.165) is 6.71 Å². The van der Waals surface area contributed by atoms with Crippen molar-refractivity contribution in [2.45, 2.75) is 50.5 Å². The SMILES string of the molecule is ClC(Cl)[SiH2]CCB(CC[SiH2]C(Cl)Cl)CC[SiH2]C(Cl)Cl. The molecule has 0 nitrogen and oxygen atoms in total. The first-order chi connectivity index (χ1) is 8.91. The van der Waals surface area contributed by atoms with Crippen molar-refractivity contribution in [1.29, 1.82) is 0 Å². The highest BCUT2D eigenvalue weighted by atomic mass is 35.5. The van der Waals surface area contributed by atoms with E-state index in [1.807, 2.05) is 0 Å². The van der Waals surface area contributed by atoms with E-state index in [0.29, 0.717) is 0 Å². The average molecular weight is 437 g/mol. The van der Waals surface area contributed by atoms with Crippen LogP contribution >= 0.6 is 69.6 Å². The van der Waals surface area contributed by atoms with Gasteiger partial charge < -0.3 is 0 Å². The highest BCUT2D eigenvalue weighted by molar-refractivity contribution is 6.72. The van der Waals surface area contributed by atoms with Crippen LogP contribution in [-0.4, -0.2) is 48.7 Å². The van der Waals surface area contributed by atoms with E-state index in [1.165, 1.54) is 37.1 Å². The first-order valence-electron chi connectivity index (χ1n) is 6.76. The zero-order chi connectivity index (χ0) is 14.7. The molecule has 114 valence electrons. The van der Waals surface area contributed by atoms with Gasteiger partial charge in [0, 0.05) is 0 Å². The zero-order valence-corrected chi connectivity index (χ0v) is 19.7. The summed E-state index contributed by atoms with van der Waals surface area (Å²) in [6.07, 6.45) is 3.74. The van der Waals surface area contributed by atoms with Gasteiger partial charge in [0.05, 0.1) is 41.9 Å². The summed E-state index contributed by atoms with van der Waals surface area (Å²) >= 11 is 34.9. The molecule has 0 aliphatic carbocycles. The van der Waals surface area contributed by atoms with Gasteiger partial charge in [-0.05, 0) is 0 Å². The Labute approximate surface area is 154 Å². The molecule has 0 unspecified atom stereocenters. The second-order valence-electron chi connectivity index (χ2n) is 4.83. The number of alkyl halides is 6. The normalized spacial score (nSPS) is 13.7. The van der Waals surface area contributed by atoms with Gasteiger partial charge in [0.25, 0.3) is 0 Å². The van der Waals surface area contributed by atoms with Crippen LogP contribution in [0.15, 0.2) is 0 Å². The fourth-order valence-corrected chi connectivity index (χ4v) is 8.26. The largest absolute Gasteiger partial charge is 0.138 e. The lowest BCUT2D eigenvalue weighted by molar-refractivity contribution is 1.21. The van der Waals surface area contributed by atoms with Crippen LogP contribution in [0.3, 0.4) is 0 Å². The second-order valence-corrected chi connectivity index (χ2v) is 18.1. The fraction of sp³-hybridized carbons (Fsp3) is 1.00. The van der Waals surface area contributed by atoms with Crippen molar-refractivity contribution in [3.05, 3.63) is 0 Å². The van der Waals surface area contributed by atoms with Gasteiger partial charge in [-0.3, -0.25) is 0 Å². The molecule has 0 bridgehead atoms. The number of hydrogen-bond donors (Lipinski definition) is 0. The van der Waals surface area contributed by atoms with Crippen LogP contribution in [0.4, 0.5) is 0 Å². The van der Waals surface area contributed by atoms with Gasteiger partial charge >= 0.3 is 0 Å². The fourth-order valence-electron chi connectivity index (χ4n) is 2.12. The average Bonchev–Trinajstić information content (AvgIpc) is 2.26. The first-order valence-corrected chi connectivity index (χ1v) is 14.8. The van der Waals surface area contributed by atoms with E-state index in [1.54, 1.807) is 0 Å². The van der Waals surface area contributed by atoms with E-state index < -0.39 is 0 Å². The highest BCUT2D eigenvalue weighted by Crippen LogP contribution is 2.17. The first kappa shape index (κ1) is 21.5. The van der Waals surface area contributed by atoms with E-state index >= 15 is 0 Å². The molecule has 0 saturated heterocycles. The molecule has 19 heavy (non-hydrogen) atoms. The van der Waals surface area contributed by atoms with Crippen LogP contribution in [0.25, 0.3) is 0 Å². The molecule has 0 aromatic carbocycles. The van der Waals surface area contributed by atoms with Gasteiger partial charge in [-0.15, -0.1) is 69.6 Å².